The van der Waals surface area contributed by atoms with Gasteiger partial charge in [-0.2, -0.15) is 0 Å². The van der Waals surface area contributed by atoms with E-state index >= 15 is 0 Å². The van der Waals surface area contributed by atoms with Gasteiger partial charge in [0.25, 0.3) is 0 Å². The molecule has 68 valence electrons. The van der Waals surface area contributed by atoms with Crippen LogP contribution in [0.5, 0.6) is 0 Å². The lowest BCUT2D eigenvalue weighted by Crippen LogP contribution is -2.44. The maximum atomic E-state index is 11.3. The van der Waals surface area contributed by atoms with Gasteiger partial charge in [-0.25, -0.2) is 0 Å². The summed E-state index contributed by atoms with van der Waals surface area (Å²) in [5.74, 6) is 0.599. The smallest absolute Gasteiger partial charge is 0.224 e. The molecule has 1 rings (SSSR count). The van der Waals surface area contributed by atoms with Crippen LogP contribution < -0.4 is 11.5 Å². The molecule has 0 aromatic heterocycles. The molecule has 0 aliphatic carbocycles. The van der Waals surface area contributed by atoms with Gasteiger partial charge < -0.3 is 16.4 Å². The van der Waals surface area contributed by atoms with Gasteiger partial charge in [-0.05, 0) is 0 Å². The molecule has 0 unspecified atom stereocenters. The fourth-order valence-electron chi connectivity index (χ4n) is 1.13. The second kappa shape index (κ2) is 4.06. The second-order valence-corrected chi connectivity index (χ2v) is 2.73. The summed E-state index contributed by atoms with van der Waals surface area (Å²) < 4.78 is 0. The van der Waals surface area contributed by atoms with Crippen molar-refractivity contribution in [2.24, 2.45) is 16.5 Å². The second-order valence-electron chi connectivity index (χ2n) is 2.73. The monoisotopic (exact) mass is 170 g/mol. The minimum atomic E-state index is 0.0651. The van der Waals surface area contributed by atoms with Gasteiger partial charge in [0, 0.05) is 19.5 Å². The van der Waals surface area contributed by atoms with Crippen LogP contribution in [0.3, 0.4) is 0 Å². The van der Waals surface area contributed by atoms with E-state index < -0.39 is 0 Å². The number of aliphatic imine (C=N–C) groups is 1. The summed E-state index contributed by atoms with van der Waals surface area (Å²) in [5, 5.41) is 0. The molecule has 1 amide bonds. The first-order valence-electron chi connectivity index (χ1n) is 4.00. The normalized spacial score (nSPS) is 17.4. The average molecular weight is 170 g/mol. The molecule has 0 saturated carbocycles. The molecular weight excluding hydrogens is 156 g/mol. The molecule has 0 saturated heterocycles. The lowest BCUT2D eigenvalue weighted by atomic mass is 10.3. The summed E-state index contributed by atoms with van der Waals surface area (Å²) in [5.41, 5.74) is 10.7. The minimum Gasteiger partial charge on any atom is -0.386 e. The van der Waals surface area contributed by atoms with Crippen molar-refractivity contribution in [2.75, 3.05) is 26.2 Å². The molecular formula is C7H14N4O. The Hall–Kier alpha value is -1.10. The summed E-state index contributed by atoms with van der Waals surface area (Å²) in [6.07, 6.45) is 0.396. The van der Waals surface area contributed by atoms with E-state index in [2.05, 4.69) is 4.99 Å². The van der Waals surface area contributed by atoms with E-state index in [1.165, 1.54) is 0 Å². The van der Waals surface area contributed by atoms with Gasteiger partial charge in [-0.1, -0.05) is 0 Å². The topological polar surface area (TPSA) is 84.7 Å². The average Bonchev–Trinajstić information content (AvgIpc) is 2.05. The molecule has 0 spiro atoms. The van der Waals surface area contributed by atoms with Crippen molar-refractivity contribution in [1.82, 2.24) is 4.90 Å². The van der Waals surface area contributed by atoms with Gasteiger partial charge in [-0.15, -0.1) is 0 Å². The number of nitrogens with zero attached hydrogens (tertiary/aromatic N) is 2. The summed E-state index contributed by atoms with van der Waals surface area (Å²) in [4.78, 5) is 17.0. The van der Waals surface area contributed by atoms with Crippen LogP contribution in [0, 0.1) is 0 Å². The van der Waals surface area contributed by atoms with Crippen molar-refractivity contribution in [3.05, 3.63) is 0 Å². The number of hydrogen-bond donors (Lipinski definition) is 2. The van der Waals surface area contributed by atoms with Gasteiger partial charge in [0.2, 0.25) is 5.91 Å². The molecule has 1 heterocycles. The highest BCUT2D eigenvalue weighted by molar-refractivity contribution is 5.88. The zero-order valence-corrected chi connectivity index (χ0v) is 6.99. The summed E-state index contributed by atoms with van der Waals surface area (Å²) >= 11 is 0. The first-order chi connectivity index (χ1) is 5.74. The first-order valence-corrected chi connectivity index (χ1v) is 4.00. The maximum absolute atomic E-state index is 11.3. The van der Waals surface area contributed by atoms with Crippen LogP contribution in [-0.4, -0.2) is 42.8 Å². The Balaban J connectivity index is 2.43. The third kappa shape index (κ3) is 2.20. The van der Waals surface area contributed by atoms with Gasteiger partial charge in [-0.3, -0.25) is 9.79 Å². The van der Waals surface area contributed by atoms with E-state index in [-0.39, 0.29) is 5.91 Å². The molecule has 0 aromatic carbocycles. The first kappa shape index (κ1) is 8.99. The van der Waals surface area contributed by atoms with Crippen LogP contribution in [0.15, 0.2) is 4.99 Å². The molecule has 12 heavy (non-hydrogen) atoms. The molecule has 5 heteroatoms. The van der Waals surface area contributed by atoms with Gasteiger partial charge in [0.15, 0.2) is 0 Å². The maximum Gasteiger partial charge on any atom is 0.224 e. The fourth-order valence-corrected chi connectivity index (χ4v) is 1.13. The SMILES string of the molecule is NCCC(=O)N1CCN=C(N)C1. The molecule has 0 aromatic rings. The zero-order valence-electron chi connectivity index (χ0n) is 6.99. The van der Waals surface area contributed by atoms with Crippen molar-refractivity contribution in [1.29, 1.82) is 0 Å². The quantitative estimate of drug-likeness (QED) is 0.531. The Bertz CT molecular complexity index is 202. The van der Waals surface area contributed by atoms with Crippen molar-refractivity contribution >= 4 is 11.7 Å². The number of carbonyl (C=O) groups is 1. The summed E-state index contributed by atoms with van der Waals surface area (Å²) in [6, 6.07) is 0. The lowest BCUT2D eigenvalue weighted by molar-refractivity contribution is -0.130. The van der Waals surface area contributed by atoms with E-state index in [0.717, 1.165) is 0 Å². The van der Waals surface area contributed by atoms with Gasteiger partial charge >= 0.3 is 0 Å². The predicted octanol–water partition coefficient (Wildman–Crippen LogP) is -1.47. The Labute approximate surface area is 71.4 Å². The zero-order chi connectivity index (χ0) is 8.97. The Kier molecular flexibility index (Phi) is 3.04. The highest BCUT2D eigenvalue weighted by atomic mass is 16.2. The van der Waals surface area contributed by atoms with Crippen LogP contribution in [0.1, 0.15) is 6.42 Å². The molecule has 0 fully saturated rings. The minimum absolute atomic E-state index is 0.0651. The standard InChI is InChI=1S/C7H14N4O/c8-2-1-7(12)11-4-3-10-6(9)5-11/h1-5,8H2,(H2,9,10). The van der Waals surface area contributed by atoms with Gasteiger partial charge in [0.1, 0.15) is 5.84 Å². The Morgan fingerprint density at radius 2 is 2.42 bits per heavy atom. The van der Waals surface area contributed by atoms with E-state index in [9.17, 15) is 4.79 Å². The molecule has 1 aliphatic rings. The number of rotatable bonds is 2. The number of nitrogens with two attached hydrogens (primary N) is 2. The highest BCUT2D eigenvalue weighted by Crippen LogP contribution is 1.98. The number of hydrogen-bond acceptors (Lipinski definition) is 4. The van der Waals surface area contributed by atoms with Crippen LogP contribution in [-0.2, 0) is 4.79 Å². The number of amidine groups is 1. The highest BCUT2D eigenvalue weighted by Gasteiger charge is 2.16. The van der Waals surface area contributed by atoms with Crippen LogP contribution in [0.2, 0.25) is 0 Å². The molecule has 0 atom stereocenters. The predicted molar refractivity (Wildman–Crippen MR) is 46.7 cm³/mol. The third-order valence-corrected chi connectivity index (χ3v) is 1.75. The van der Waals surface area contributed by atoms with Crippen LogP contribution in [0.4, 0.5) is 0 Å². The van der Waals surface area contributed by atoms with Gasteiger partial charge in [0.05, 0.1) is 13.1 Å². The number of amides is 1. The van der Waals surface area contributed by atoms with Crippen molar-refractivity contribution in [3.8, 4) is 0 Å². The van der Waals surface area contributed by atoms with E-state index in [0.29, 0.717) is 38.4 Å². The molecule has 0 radical (unpaired) electrons. The van der Waals surface area contributed by atoms with Crippen molar-refractivity contribution in [3.63, 3.8) is 0 Å². The van der Waals surface area contributed by atoms with Crippen molar-refractivity contribution in [2.45, 2.75) is 6.42 Å². The largest absolute Gasteiger partial charge is 0.386 e. The lowest BCUT2D eigenvalue weighted by Gasteiger charge is -2.24. The molecule has 0 bridgehead atoms. The fraction of sp³-hybridized carbons (Fsp3) is 0.714. The Morgan fingerprint density at radius 1 is 1.67 bits per heavy atom. The van der Waals surface area contributed by atoms with E-state index in [1.807, 2.05) is 0 Å². The third-order valence-electron chi connectivity index (χ3n) is 1.75. The molecule has 5 nitrogen and oxygen atoms in total. The van der Waals surface area contributed by atoms with E-state index in [1.54, 1.807) is 4.90 Å². The van der Waals surface area contributed by atoms with E-state index in [4.69, 9.17) is 11.5 Å². The molecule has 1 aliphatic heterocycles. The van der Waals surface area contributed by atoms with Crippen LogP contribution in [0.25, 0.3) is 0 Å². The van der Waals surface area contributed by atoms with Crippen molar-refractivity contribution < 1.29 is 4.79 Å². The van der Waals surface area contributed by atoms with Crippen LogP contribution >= 0.6 is 0 Å². The molecule has 4 N–H and O–H groups in total. The number of carbonyl (C=O) groups excluding carboxylic acids is 1. The summed E-state index contributed by atoms with van der Waals surface area (Å²) in [7, 11) is 0. The summed E-state index contributed by atoms with van der Waals surface area (Å²) in [6.45, 7) is 2.13. The Morgan fingerprint density at radius 3 is 3.00 bits per heavy atom.